The lowest BCUT2D eigenvalue weighted by Gasteiger charge is -2.29. The number of carbonyl (C=O) groups is 2. The maximum absolute atomic E-state index is 11.4. The summed E-state index contributed by atoms with van der Waals surface area (Å²) in [5.74, 6) is 0.0254. The molecule has 2 saturated heterocycles. The Hall–Kier alpha value is -0.900. The highest BCUT2D eigenvalue weighted by Crippen LogP contribution is 2.19. The van der Waals surface area contributed by atoms with Gasteiger partial charge in [-0.25, -0.2) is 0 Å². The van der Waals surface area contributed by atoms with Crippen LogP contribution >= 0.6 is 0 Å². The molecule has 2 aliphatic rings. The monoisotopic (exact) mass is 182 g/mol. The van der Waals surface area contributed by atoms with Crippen LogP contribution in [0.2, 0.25) is 0 Å². The van der Waals surface area contributed by atoms with Gasteiger partial charge in [-0.05, 0) is 19.4 Å². The van der Waals surface area contributed by atoms with E-state index in [0.717, 1.165) is 25.9 Å². The first-order chi connectivity index (χ1) is 6.29. The normalized spacial score (nSPS) is 29.8. The topological polar surface area (TPSA) is 49.4 Å². The molecule has 13 heavy (non-hydrogen) atoms. The van der Waals surface area contributed by atoms with E-state index in [4.69, 9.17) is 0 Å². The van der Waals surface area contributed by atoms with E-state index < -0.39 is 0 Å². The summed E-state index contributed by atoms with van der Waals surface area (Å²) >= 11 is 0. The Bertz CT molecular complexity index is 218. The molecule has 2 amide bonds. The standard InChI is InChI=1S/C9H14N2O2/c12-8-3-4-9(13)11(8)7-2-1-5-10-6-7/h7,10H,1-6H2/t7-/m1/s1. The Morgan fingerprint density at radius 1 is 1.23 bits per heavy atom. The van der Waals surface area contributed by atoms with Gasteiger partial charge < -0.3 is 5.32 Å². The van der Waals surface area contributed by atoms with Crippen LogP contribution in [0.1, 0.15) is 25.7 Å². The lowest BCUT2D eigenvalue weighted by atomic mass is 10.1. The number of imide groups is 1. The number of likely N-dealkylation sites (tertiary alicyclic amines) is 1. The summed E-state index contributed by atoms with van der Waals surface area (Å²) in [5.41, 5.74) is 0. The van der Waals surface area contributed by atoms with Crippen LogP contribution < -0.4 is 5.32 Å². The van der Waals surface area contributed by atoms with Crippen molar-refractivity contribution < 1.29 is 9.59 Å². The van der Waals surface area contributed by atoms with Crippen LogP contribution in [0.25, 0.3) is 0 Å². The molecule has 1 atom stereocenters. The molecule has 0 aromatic rings. The van der Waals surface area contributed by atoms with Gasteiger partial charge in [0.25, 0.3) is 0 Å². The van der Waals surface area contributed by atoms with E-state index in [-0.39, 0.29) is 17.9 Å². The molecule has 0 saturated carbocycles. The van der Waals surface area contributed by atoms with Gasteiger partial charge in [-0.1, -0.05) is 0 Å². The van der Waals surface area contributed by atoms with Gasteiger partial charge in [-0.3, -0.25) is 14.5 Å². The first kappa shape index (κ1) is 8.69. The van der Waals surface area contributed by atoms with Crippen LogP contribution in [0.5, 0.6) is 0 Å². The fourth-order valence-electron chi connectivity index (χ4n) is 2.05. The summed E-state index contributed by atoms with van der Waals surface area (Å²) in [6.07, 6.45) is 2.84. The van der Waals surface area contributed by atoms with Crippen molar-refractivity contribution in [1.82, 2.24) is 10.2 Å². The minimum atomic E-state index is 0.0127. The van der Waals surface area contributed by atoms with Crippen molar-refractivity contribution in [3.63, 3.8) is 0 Å². The largest absolute Gasteiger partial charge is 0.315 e. The molecule has 0 bridgehead atoms. The summed E-state index contributed by atoms with van der Waals surface area (Å²) < 4.78 is 0. The number of carbonyl (C=O) groups excluding carboxylic acids is 2. The Kier molecular flexibility index (Phi) is 2.31. The lowest BCUT2D eigenvalue weighted by Crippen LogP contribution is -2.48. The van der Waals surface area contributed by atoms with Crippen LogP contribution in [0.15, 0.2) is 0 Å². The zero-order valence-corrected chi connectivity index (χ0v) is 7.58. The Balaban J connectivity index is 2.05. The number of rotatable bonds is 1. The molecule has 0 aromatic carbocycles. The second-order valence-corrected chi connectivity index (χ2v) is 3.66. The van der Waals surface area contributed by atoms with E-state index in [1.165, 1.54) is 4.90 Å². The van der Waals surface area contributed by atoms with Crippen LogP contribution in [-0.4, -0.2) is 35.8 Å². The van der Waals surface area contributed by atoms with Crippen LogP contribution in [-0.2, 0) is 9.59 Å². The third kappa shape index (κ3) is 1.58. The summed E-state index contributed by atoms with van der Waals surface area (Å²) in [5, 5.41) is 3.21. The van der Waals surface area contributed by atoms with Gasteiger partial charge in [0.2, 0.25) is 11.8 Å². The van der Waals surface area contributed by atoms with Gasteiger partial charge >= 0.3 is 0 Å². The molecule has 0 spiro atoms. The molecule has 4 nitrogen and oxygen atoms in total. The zero-order chi connectivity index (χ0) is 9.26. The van der Waals surface area contributed by atoms with Gasteiger partial charge in [0.1, 0.15) is 0 Å². The Labute approximate surface area is 77.3 Å². The summed E-state index contributed by atoms with van der Waals surface area (Å²) in [4.78, 5) is 24.2. The maximum Gasteiger partial charge on any atom is 0.229 e. The molecule has 72 valence electrons. The molecule has 0 unspecified atom stereocenters. The zero-order valence-electron chi connectivity index (χ0n) is 7.58. The van der Waals surface area contributed by atoms with Crippen LogP contribution in [0.4, 0.5) is 0 Å². The fraction of sp³-hybridized carbons (Fsp3) is 0.778. The predicted octanol–water partition coefficient (Wildman–Crippen LogP) is -0.113. The highest BCUT2D eigenvalue weighted by Gasteiger charge is 2.35. The predicted molar refractivity (Wildman–Crippen MR) is 47.0 cm³/mol. The van der Waals surface area contributed by atoms with Crippen molar-refractivity contribution in [1.29, 1.82) is 0 Å². The van der Waals surface area contributed by atoms with E-state index in [1.807, 2.05) is 0 Å². The van der Waals surface area contributed by atoms with Crippen LogP contribution in [0.3, 0.4) is 0 Å². The van der Waals surface area contributed by atoms with Crippen molar-refractivity contribution in [2.24, 2.45) is 0 Å². The van der Waals surface area contributed by atoms with Gasteiger partial charge in [0, 0.05) is 19.4 Å². The third-order valence-electron chi connectivity index (χ3n) is 2.73. The molecule has 2 aliphatic heterocycles. The molecule has 0 radical (unpaired) electrons. The molecule has 2 rings (SSSR count). The van der Waals surface area contributed by atoms with E-state index in [0.29, 0.717) is 12.8 Å². The minimum absolute atomic E-state index is 0.0127. The van der Waals surface area contributed by atoms with Crippen molar-refractivity contribution in [3.8, 4) is 0 Å². The number of amides is 2. The Morgan fingerprint density at radius 3 is 2.46 bits per heavy atom. The molecule has 0 aliphatic carbocycles. The summed E-state index contributed by atoms with van der Waals surface area (Å²) in [6.45, 7) is 1.78. The third-order valence-corrected chi connectivity index (χ3v) is 2.73. The smallest absolute Gasteiger partial charge is 0.229 e. The highest BCUT2D eigenvalue weighted by molar-refractivity contribution is 6.02. The lowest BCUT2D eigenvalue weighted by molar-refractivity contribution is -0.141. The minimum Gasteiger partial charge on any atom is -0.315 e. The highest BCUT2D eigenvalue weighted by atomic mass is 16.2. The van der Waals surface area contributed by atoms with Gasteiger partial charge in [0.15, 0.2) is 0 Å². The molecule has 2 heterocycles. The second kappa shape index (κ2) is 3.46. The SMILES string of the molecule is O=C1CCC(=O)N1[C@@H]1CCCNC1. The number of piperidine rings is 1. The number of hydrogen-bond donors (Lipinski definition) is 1. The fourth-order valence-corrected chi connectivity index (χ4v) is 2.05. The molecule has 1 N–H and O–H groups in total. The molecular formula is C9H14N2O2. The molecule has 0 aromatic heterocycles. The molecule has 4 heteroatoms. The average Bonchev–Trinajstić information content (AvgIpc) is 2.48. The Morgan fingerprint density at radius 2 is 1.92 bits per heavy atom. The summed E-state index contributed by atoms with van der Waals surface area (Å²) in [7, 11) is 0. The second-order valence-electron chi connectivity index (χ2n) is 3.66. The van der Waals surface area contributed by atoms with Crippen molar-refractivity contribution in [2.45, 2.75) is 31.7 Å². The summed E-state index contributed by atoms with van der Waals surface area (Å²) in [6, 6.07) is 0.122. The average molecular weight is 182 g/mol. The first-order valence-electron chi connectivity index (χ1n) is 4.84. The van der Waals surface area contributed by atoms with Crippen LogP contribution in [0, 0.1) is 0 Å². The van der Waals surface area contributed by atoms with E-state index in [1.54, 1.807) is 0 Å². The van der Waals surface area contributed by atoms with Crippen molar-refractivity contribution in [3.05, 3.63) is 0 Å². The number of hydrogen-bond acceptors (Lipinski definition) is 3. The van der Waals surface area contributed by atoms with Crippen molar-refractivity contribution in [2.75, 3.05) is 13.1 Å². The number of nitrogens with zero attached hydrogens (tertiary/aromatic N) is 1. The number of nitrogens with one attached hydrogen (secondary N) is 1. The van der Waals surface area contributed by atoms with E-state index in [2.05, 4.69) is 5.32 Å². The first-order valence-corrected chi connectivity index (χ1v) is 4.84. The molecule has 2 fully saturated rings. The van der Waals surface area contributed by atoms with E-state index in [9.17, 15) is 9.59 Å². The van der Waals surface area contributed by atoms with Gasteiger partial charge in [-0.2, -0.15) is 0 Å². The van der Waals surface area contributed by atoms with E-state index >= 15 is 0 Å². The van der Waals surface area contributed by atoms with Gasteiger partial charge in [0.05, 0.1) is 6.04 Å². The molecular weight excluding hydrogens is 168 g/mol. The maximum atomic E-state index is 11.4. The van der Waals surface area contributed by atoms with Crippen molar-refractivity contribution >= 4 is 11.8 Å². The van der Waals surface area contributed by atoms with Gasteiger partial charge in [-0.15, -0.1) is 0 Å². The quantitative estimate of drug-likeness (QED) is 0.575.